The van der Waals surface area contributed by atoms with Crippen molar-refractivity contribution in [2.75, 3.05) is 0 Å². The lowest BCUT2D eigenvalue weighted by molar-refractivity contribution is -0.719. The highest BCUT2D eigenvalue weighted by molar-refractivity contribution is 6.30. The van der Waals surface area contributed by atoms with Crippen LogP contribution in [-0.2, 0) is 4.79 Å². The fourth-order valence-corrected chi connectivity index (χ4v) is 2.60. The summed E-state index contributed by atoms with van der Waals surface area (Å²) in [7, 11) is 0. The molecular weight excluding hydrogens is 314 g/mol. The van der Waals surface area contributed by atoms with Crippen LogP contribution in [0.2, 0.25) is 5.02 Å². The zero-order chi connectivity index (χ0) is 16.8. The van der Waals surface area contributed by atoms with Gasteiger partial charge in [0.1, 0.15) is 6.04 Å². The predicted octanol–water partition coefficient (Wildman–Crippen LogP) is 1.90. The van der Waals surface area contributed by atoms with Crippen molar-refractivity contribution in [2.45, 2.75) is 19.0 Å². The number of benzene rings is 2. The minimum absolute atomic E-state index is 0.0301. The number of urea groups is 1. The molecule has 0 aromatic heterocycles. The lowest BCUT2D eigenvalue weighted by Crippen LogP contribution is -2.88. The van der Waals surface area contributed by atoms with Crippen LogP contribution in [0.1, 0.15) is 30.1 Å². The van der Waals surface area contributed by atoms with Gasteiger partial charge in [-0.15, -0.1) is 0 Å². The van der Waals surface area contributed by atoms with Gasteiger partial charge in [-0.2, -0.15) is 0 Å². The van der Waals surface area contributed by atoms with Crippen LogP contribution < -0.4 is 16.4 Å². The number of nitrogens with one attached hydrogen (secondary N) is 1. The number of amides is 3. The van der Waals surface area contributed by atoms with E-state index >= 15 is 0 Å². The molecule has 2 aromatic carbocycles. The van der Waals surface area contributed by atoms with Gasteiger partial charge in [-0.05, 0) is 19.1 Å². The molecular formula is C17H19ClN3O2+. The third-order valence-corrected chi connectivity index (χ3v) is 3.78. The van der Waals surface area contributed by atoms with Crippen LogP contribution in [0.25, 0.3) is 0 Å². The Morgan fingerprint density at radius 3 is 2.35 bits per heavy atom. The second-order valence-corrected chi connectivity index (χ2v) is 5.71. The normalized spacial score (nSPS) is 13.1. The standard InChI is InChI=1S/C17H18ClN3O2/c1-11(13-8-5-9-14(18)10-13)20-15(16(22)21-17(19)23)12-6-3-2-4-7-12/h2-11,15,20H,1H3,(H3,19,21,22,23)/p+1/t11-,15-/m0/s1. The Hall–Kier alpha value is -2.37. The molecule has 6 heteroatoms. The fourth-order valence-electron chi connectivity index (χ4n) is 2.40. The van der Waals surface area contributed by atoms with Crippen molar-refractivity contribution >= 4 is 23.5 Å². The van der Waals surface area contributed by atoms with Crippen LogP contribution >= 0.6 is 11.6 Å². The van der Waals surface area contributed by atoms with Gasteiger partial charge in [0.25, 0.3) is 5.91 Å². The summed E-state index contributed by atoms with van der Waals surface area (Å²) in [5, 5.41) is 4.67. The average molecular weight is 333 g/mol. The van der Waals surface area contributed by atoms with Crippen LogP contribution in [0.4, 0.5) is 4.79 Å². The second kappa shape index (κ2) is 7.76. The Bertz CT molecular complexity index is 691. The minimum atomic E-state index is -0.861. The van der Waals surface area contributed by atoms with Crippen molar-refractivity contribution in [3.05, 3.63) is 70.7 Å². The molecule has 2 atom stereocenters. The van der Waals surface area contributed by atoms with Crippen molar-refractivity contribution in [2.24, 2.45) is 5.73 Å². The number of nitrogens with two attached hydrogens (primary N) is 2. The number of quaternary nitrogens is 1. The largest absolute Gasteiger partial charge is 0.351 e. The van der Waals surface area contributed by atoms with Gasteiger partial charge in [-0.25, -0.2) is 4.79 Å². The van der Waals surface area contributed by atoms with Crippen LogP contribution in [0, 0.1) is 0 Å². The van der Waals surface area contributed by atoms with Gasteiger partial charge in [-0.1, -0.05) is 54.1 Å². The molecule has 0 saturated heterocycles. The molecule has 0 unspecified atom stereocenters. The Balaban J connectivity index is 2.23. The van der Waals surface area contributed by atoms with E-state index in [1.807, 2.05) is 60.8 Å². The number of carbonyl (C=O) groups excluding carboxylic acids is 2. The number of rotatable bonds is 5. The van der Waals surface area contributed by atoms with E-state index in [2.05, 4.69) is 5.32 Å². The van der Waals surface area contributed by atoms with Gasteiger partial charge in [0.2, 0.25) is 0 Å². The zero-order valence-electron chi connectivity index (χ0n) is 12.7. The molecule has 0 aliphatic rings. The average Bonchev–Trinajstić information content (AvgIpc) is 2.52. The SMILES string of the molecule is C[C@H]([NH2+][C@H](C(=O)NC(N)=O)c1ccccc1)c1cccc(Cl)c1. The highest BCUT2D eigenvalue weighted by Crippen LogP contribution is 2.17. The van der Waals surface area contributed by atoms with Crippen LogP contribution in [0.3, 0.4) is 0 Å². The topological polar surface area (TPSA) is 88.8 Å². The summed E-state index contributed by atoms with van der Waals surface area (Å²) in [5.74, 6) is -0.447. The maximum absolute atomic E-state index is 12.3. The van der Waals surface area contributed by atoms with Gasteiger partial charge < -0.3 is 11.1 Å². The summed E-state index contributed by atoms with van der Waals surface area (Å²) in [6.07, 6.45) is 0. The van der Waals surface area contributed by atoms with E-state index in [1.54, 1.807) is 6.07 Å². The summed E-state index contributed by atoms with van der Waals surface area (Å²) >= 11 is 6.02. The number of imide groups is 1. The zero-order valence-corrected chi connectivity index (χ0v) is 13.5. The smallest absolute Gasteiger partial charge is 0.319 e. The Morgan fingerprint density at radius 1 is 1.09 bits per heavy atom. The van der Waals surface area contributed by atoms with Gasteiger partial charge in [0.05, 0.1) is 0 Å². The van der Waals surface area contributed by atoms with Crippen LogP contribution in [0.5, 0.6) is 0 Å². The predicted molar refractivity (Wildman–Crippen MR) is 88.7 cm³/mol. The van der Waals surface area contributed by atoms with Crippen molar-refractivity contribution in [3.8, 4) is 0 Å². The summed E-state index contributed by atoms with van der Waals surface area (Å²) < 4.78 is 0. The lowest BCUT2D eigenvalue weighted by atomic mass is 10.0. The Kier molecular flexibility index (Phi) is 5.73. The molecule has 0 aliphatic carbocycles. The van der Waals surface area contributed by atoms with Crippen molar-refractivity contribution < 1.29 is 14.9 Å². The molecule has 2 rings (SSSR count). The first-order chi connectivity index (χ1) is 11.0. The quantitative estimate of drug-likeness (QED) is 0.780. The highest BCUT2D eigenvalue weighted by atomic mass is 35.5. The maximum atomic E-state index is 12.3. The van der Waals surface area contributed by atoms with E-state index in [1.165, 1.54) is 0 Å². The molecule has 0 bridgehead atoms. The van der Waals surface area contributed by atoms with E-state index in [9.17, 15) is 9.59 Å². The van der Waals surface area contributed by atoms with Crippen LogP contribution in [-0.4, -0.2) is 11.9 Å². The number of hydrogen-bond acceptors (Lipinski definition) is 2. The van der Waals surface area contributed by atoms with Crippen molar-refractivity contribution in [1.82, 2.24) is 5.32 Å². The van der Waals surface area contributed by atoms with Gasteiger partial charge in [-0.3, -0.25) is 10.1 Å². The summed E-state index contributed by atoms with van der Waals surface area (Å²) in [4.78, 5) is 23.3. The molecule has 5 nitrogen and oxygen atoms in total. The number of hydrogen-bond donors (Lipinski definition) is 3. The van der Waals surface area contributed by atoms with E-state index in [4.69, 9.17) is 17.3 Å². The molecule has 0 saturated carbocycles. The molecule has 120 valence electrons. The van der Waals surface area contributed by atoms with E-state index in [0.29, 0.717) is 5.02 Å². The highest BCUT2D eigenvalue weighted by Gasteiger charge is 2.27. The molecule has 0 aliphatic heterocycles. The molecule has 3 amide bonds. The molecule has 0 fully saturated rings. The van der Waals surface area contributed by atoms with Gasteiger partial charge >= 0.3 is 6.03 Å². The second-order valence-electron chi connectivity index (χ2n) is 5.28. The summed E-state index contributed by atoms with van der Waals surface area (Å²) in [6.45, 7) is 1.97. The fraction of sp³-hybridized carbons (Fsp3) is 0.176. The Morgan fingerprint density at radius 2 is 1.74 bits per heavy atom. The summed E-state index contributed by atoms with van der Waals surface area (Å²) in [5.41, 5.74) is 6.85. The first kappa shape index (κ1) is 17.0. The monoisotopic (exact) mass is 332 g/mol. The van der Waals surface area contributed by atoms with Crippen molar-refractivity contribution in [3.63, 3.8) is 0 Å². The van der Waals surface area contributed by atoms with Crippen molar-refractivity contribution in [1.29, 1.82) is 0 Å². The Labute approximate surface area is 139 Å². The number of carbonyl (C=O) groups is 2. The third kappa shape index (κ3) is 4.81. The third-order valence-electron chi connectivity index (χ3n) is 3.54. The van der Waals surface area contributed by atoms with Gasteiger partial charge in [0, 0.05) is 16.1 Å². The number of primary amides is 1. The molecule has 0 spiro atoms. The molecule has 23 heavy (non-hydrogen) atoms. The maximum Gasteiger partial charge on any atom is 0.319 e. The summed E-state index contributed by atoms with van der Waals surface area (Å²) in [6, 6.07) is 15.2. The molecule has 0 heterocycles. The first-order valence-corrected chi connectivity index (χ1v) is 7.61. The molecule has 2 aromatic rings. The van der Waals surface area contributed by atoms with E-state index in [-0.39, 0.29) is 6.04 Å². The lowest BCUT2D eigenvalue weighted by Gasteiger charge is -2.19. The van der Waals surface area contributed by atoms with E-state index < -0.39 is 18.0 Å². The molecule has 0 radical (unpaired) electrons. The van der Waals surface area contributed by atoms with E-state index in [0.717, 1.165) is 11.1 Å². The first-order valence-electron chi connectivity index (χ1n) is 7.23. The van der Waals surface area contributed by atoms with Crippen LogP contribution in [0.15, 0.2) is 54.6 Å². The molecule has 5 N–H and O–H groups in total. The minimum Gasteiger partial charge on any atom is -0.351 e. The number of halogens is 1. The van der Waals surface area contributed by atoms with Gasteiger partial charge in [0.15, 0.2) is 6.04 Å².